The van der Waals surface area contributed by atoms with E-state index in [0.29, 0.717) is 13.2 Å². The van der Waals surface area contributed by atoms with Crippen molar-refractivity contribution in [3.05, 3.63) is 0 Å². The van der Waals surface area contributed by atoms with Crippen LogP contribution in [0.25, 0.3) is 0 Å². The minimum Gasteiger partial charge on any atom is -1.00 e. The van der Waals surface area contributed by atoms with E-state index in [-0.39, 0.29) is 24.8 Å². The third kappa shape index (κ3) is 14.1. The van der Waals surface area contributed by atoms with Crippen molar-refractivity contribution in [1.29, 1.82) is 0 Å². The molecule has 0 saturated carbocycles. The summed E-state index contributed by atoms with van der Waals surface area (Å²) in [6.07, 6.45) is 8.48. The third-order valence-electron chi connectivity index (χ3n) is 3.25. The van der Waals surface area contributed by atoms with Crippen molar-refractivity contribution in [2.24, 2.45) is 0 Å². The minimum absolute atomic E-state index is 0. The summed E-state index contributed by atoms with van der Waals surface area (Å²) in [5.74, 6) is -0.774. The molecule has 0 fully saturated rings. The number of esters is 2. The van der Waals surface area contributed by atoms with Gasteiger partial charge in [-0.05, 0) is 12.8 Å². The zero-order valence-electron chi connectivity index (χ0n) is 14.1. The summed E-state index contributed by atoms with van der Waals surface area (Å²) in [7, 11) is 0. The second-order valence-corrected chi connectivity index (χ2v) is 5.41. The van der Waals surface area contributed by atoms with Crippen molar-refractivity contribution in [1.82, 2.24) is 0 Å². The predicted octanol–water partition coefficient (Wildman–Crippen LogP) is -0.762. The van der Waals surface area contributed by atoms with Crippen LogP contribution in [0.5, 0.6) is 0 Å². The van der Waals surface area contributed by atoms with Gasteiger partial charge in [-0.15, -0.1) is 0 Å². The van der Waals surface area contributed by atoms with E-state index in [4.69, 9.17) is 9.47 Å². The fourth-order valence-corrected chi connectivity index (χ4v) is 1.88. The Morgan fingerprint density at radius 2 is 1.36 bits per heavy atom. The molecule has 22 heavy (non-hydrogen) atoms. The fourth-order valence-electron chi connectivity index (χ4n) is 1.88. The van der Waals surface area contributed by atoms with Crippen LogP contribution in [0, 0.1) is 0 Å². The highest BCUT2D eigenvalue weighted by atomic mass is 35.5. The quantitative estimate of drug-likeness (QED) is 0.354. The molecule has 0 bridgehead atoms. The second-order valence-electron chi connectivity index (χ2n) is 5.41. The van der Waals surface area contributed by atoms with Crippen molar-refractivity contribution in [2.45, 2.75) is 77.7 Å². The normalized spacial score (nSPS) is 11.4. The van der Waals surface area contributed by atoms with Crippen molar-refractivity contribution in [3.8, 4) is 0 Å². The average molecular weight is 338 g/mol. The van der Waals surface area contributed by atoms with Gasteiger partial charge in [-0.25, -0.2) is 4.79 Å². The Morgan fingerprint density at radius 1 is 0.864 bits per heavy atom. The van der Waals surface area contributed by atoms with Crippen LogP contribution in [0.15, 0.2) is 0 Å². The largest absolute Gasteiger partial charge is 1.00 e. The van der Waals surface area contributed by atoms with Crippen LogP contribution in [0.4, 0.5) is 0 Å². The third-order valence-corrected chi connectivity index (χ3v) is 3.25. The maximum Gasteiger partial charge on any atom is 0.365 e. The van der Waals surface area contributed by atoms with Crippen LogP contribution >= 0.6 is 0 Å². The lowest BCUT2D eigenvalue weighted by molar-refractivity contribution is -0.407. The van der Waals surface area contributed by atoms with Gasteiger partial charge in [-0.1, -0.05) is 52.4 Å². The molecule has 0 aliphatic carbocycles. The van der Waals surface area contributed by atoms with Gasteiger partial charge in [-0.3, -0.25) is 4.79 Å². The average Bonchev–Trinajstić information content (AvgIpc) is 2.46. The van der Waals surface area contributed by atoms with Crippen LogP contribution in [-0.4, -0.2) is 31.2 Å². The lowest BCUT2D eigenvalue weighted by Crippen LogP contribution is -3.00. The molecule has 6 heteroatoms. The van der Waals surface area contributed by atoms with E-state index in [1.165, 1.54) is 0 Å². The molecule has 0 amide bonds. The molecule has 0 heterocycles. The second kappa shape index (κ2) is 16.6. The maximum atomic E-state index is 11.6. The highest BCUT2D eigenvalue weighted by Gasteiger charge is 2.23. The number of carbonyl (C=O) groups is 2. The van der Waals surface area contributed by atoms with E-state index < -0.39 is 12.0 Å². The lowest BCUT2D eigenvalue weighted by atomic mass is 10.2. The van der Waals surface area contributed by atoms with Crippen LogP contribution in [0.3, 0.4) is 0 Å². The first-order chi connectivity index (χ1) is 10.1. The number of ether oxygens (including phenoxy) is 2. The summed E-state index contributed by atoms with van der Waals surface area (Å²) < 4.78 is 10.2. The Hall–Kier alpha value is -0.810. The van der Waals surface area contributed by atoms with Gasteiger partial charge in [0.1, 0.15) is 6.42 Å². The molecule has 3 N–H and O–H groups in total. The SMILES string of the molecule is CCCCCCOC(=O)CC([NH3+])C(=O)OCCCCCC.[Cl-]. The van der Waals surface area contributed by atoms with Crippen molar-refractivity contribution < 1.29 is 37.2 Å². The number of halogens is 1. The van der Waals surface area contributed by atoms with Gasteiger partial charge in [0.25, 0.3) is 0 Å². The Bertz CT molecular complexity index is 287. The summed E-state index contributed by atoms with van der Waals surface area (Å²) in [5, 5.41) is 0. The van der Waals surface area contributed by atoms with Gasteiger partial charge in [0.2, 0.25) is 0 Å². The van der Waals surface area contributed by atoms with E-state index in [2.05, 4.69) is 19.6 Å². The van der Waals surface area contributed by atoms with Crippen LogP contribution < -0.4 is 18.1 Å². The molecule has 1 unspecified atom stereocenters. The van der Waals surface area contributed by atoms with Crippen molar-refractivity contribution in [3.63, 3.8) is 0 Å². The number of quaternary nitrogens is 1. The minimum atomic E-state index is -0.667. The molecule has 132 valence electrons. The zero-order valence-corrected chi connectivity index (χ0v) is 14.8. The Balaban J connectivity index is 0. The van der Waals surface area contributed by atoms with E-state index in [1.54, 1.807) is 0 Å². The highest BCUT2D eigenvalue weighted by molar-refractivity contribution is 5.81. The van der Waals surface area contributed by atoms with E-state index in [9.17, 15) is 9.59 Å². The van der Waals surface area contributed by atoms with Gasteiger partial charge in [0.05, 0.1) is 13.2 Å². The molecular weight excluding hydrogens is 306 g/mol. The molecule has 0 rings (SSSR count). The smallest absolute Gasteiger partial charge is 0.365 e. The molecule has 0 radical (unpaired) electrons. The maximum absolute atomic E-state index is 11.6. The standard InChI is InChI=1S/C16H31NO4.ClH/c1-3-5-7-9-11-20-15(18)13-14(17)16(19)21-12-10-8-6-4-2;/h14H,3-13,17H2,1-2H3;1H. The van der Waals surface area contributed by atoms with Gasteiger partial charge < -0.3 is 27.6 Å². The first-order valence-corrected chi connectivity index (χ1v) is 8.27. The lowest BCUT2D eigenvalue weighted by Gasteiger charge is -2.09. The topological polar surface area (TPSA) is 80.2 Å². The van der Waals surface area contributed by atoms with Gasteiger partial charge in [-0.2, -0.15) is 0 Å². The van der Waals surface area contributed by atoms with Gasteiger partial charge in [0, 0.05) is 0 Å². The van der Waals surface area contributed by atoms with Gasteiger partial charge in [0.15, 0.2) is 6.04 Å². The first kappa shape index (κ1) is 23.5. The summed E-state index contributed by atoms with van der Waals surface area (Å²) in [5.41, 5.74) is 3.68. The van der Waals surface area contributed by atoms with E-state index in [0.717, 1.165) is 51.4 Å². The number of unbranched alkanes of at least 4 members (excludes halogenated alkanes) is 6. The number of hydrogen-bond acceptors (Lipinski definition) is 4. The Labute approximate surface area is 140 Å². The molecule has 5 nitrogen and oxygen atoms in total. The van der Waals surface area contributed by atoms with Crippen LogP contribution in [0.2, 0.25) is 0 Å². The molecular formula is C16H32ClNO4. The number of carbonyl (C=O) groups excluding carboxylic acids is 2. The molecule has 0 spiro atoms. The summed E-state index contributed by atoms with van der Waals surface area (Å²) >= 11 is 0. The number of rotatable bonds is 13. The monoisotopic (exact) mass is 337 g/mol. The zero-order chi connectivity index (χ0) is 15.9. The highest BCUT2D eigenvalue weighted by Crippen LogP contribution is 2.02. The summed E-state index contributed by atoms with van der Waals surface area (Å²) in [6, 6.07) is -0.667. The summed E-state index contributed by atoms with van der Waals surface area (Å²) in [4.78, 5) is 23.2. The number of hydrogen-bond donors (Lipinski definition) is 1. The molecule has 0 aromatic heterocycles. The molecule has 0 aromatic carbocycles. The van der Waals surface area contributed by atoms with Crippen LogP contribution in [-0.2, 0) is 19.1 Å². The van der Waals surface area contributed by atoms with Crippen molar-refractivity contribution in [2.75, 3.05) is 13.2 Å². The molecule has 0 aliphatic rings. The predicted molar refractivity (Wildman–Crippen MR) is 81.5 cm³/mol. The molecule has 1 atom stereocenters. The Kier molecular flexibility index (Phi) is 17.7. The molecule has 0 saturated heterocycles. The van der Waals surface area contributed by atoms with E-state index in [1.807, 2.05) is 0 Å². The van der Waals surface area contributed by atoms with Gasteiger partial charge >= 0.3 is 11.9 Å². The molecule has 0 aliphatic heterocycles. The summed E-state index contributed by atoms with van der Waals surface area (Å²) in [6.45, 7) is 5.10. The van der Waals surface area contributed by atoms with E-state index >= 15 is 0 Å². The molecule has 0 aromatic rings. The Morgan fingerprint density at radius 3 is 1.86 bits per heavy atom. The fraction of sp³-hybridized carbons (Fsp3) is 0.875. The van der Waals surface area contributed by atoms with Crippen LogP contribution in [0.1, 0.15) is 71.6 Å². The first-order valence-electron chi connectivity index (χ1n) is 8.27. The van der Waals surface area contributed by atoms with Crippen molar-refractivity contribution >= 4 is 11.9 Å².